The molecular weight excluding hydrogens is 256 g/mol. The standard InChI is InChI=1S/C14H14N4O2/c1-2-20-9-16-13-7-10(3-4-11(13)8-15)12-5-6-14(19)18-17-12/h3-4,7,9H,2,5-6H2,1H3,(H,18,19). The summed E-state index contributed by atoms with van der Waals surface area (Å²) in [5.41, 5.74) is 5.06. The lowest BCUT2D eigenvalue weighted by atomic mass is 10.0. The number of carbonyl (C=O) groups excluding carboxylic acids is 1. The van der Waals surface area contributed by atoms with Crippen molar-refractivity contribution in [3.8, 4) is 6.07 Å². The molecule has 1 heterocycles. The van der Waals surface area contributed by atoms with E-state index in [9.17, 15) is 4.79 Å². The van der Waals surface area contributed by atoms with Crippen molar-refractivity contribution in [1.29, 1.82) is 5.26 Å². The topological polar surface area (TPSA) is 86.8 Å². The Bertz CT molecular complexity index is 614. The van der Waals surface area contributed by atoms with Gasteiger partial charge in [0.25, 0.3) is 0 Å². The van der Waals surface area contributed by atoms with Crippen LogP contribution in [-0.2, 0) is 9.53 Å². The number of aliphatic imine (C=N–C) groups is 1. The monoisotopic (exact) mass is 270 g/mol. The van der Waals surface area contributed by atoms with Crippen LogP contribution >= 0.6 is 0 Å². The lowest BCUT2D eigenvalue weighted by Crippen LogP contribution is -2.25. The highest BCUT2D eigenvalue weighted by molar-refractivity contribution is 6.04. The Morgan fingerprint density at radius 2 is 2.40 bits per heavy atom. The summed E-state index contributed by atoms with van der Waals surface area (Å²) in [7, 11) is 0. The van der Waals surface area contributed by atoms with Crippen molar-refractivity contribution in [2.75, 3.05) is 6.61 Å². The number of benzene rings is 1. The summed E-state index contributed by atoms with van der Waals surface area (Å²) in [6.45, 7) is 2.37. The molecule has 1 aliphatic heterocycles. The second-order valence-electron chi connectivity index (χ2n) is 4.13. The van der Waals surface area contributed by atoms with Gasteiger partial charge < -0.3 is 4.74 Å². The highest BCUT2D eigenvalue weighted by atomic mass is 16.5. The average molecular weight is 270 g/mol. The number of nitrogens with one attached hydrogen (secondary N) is 1. The smallest absolute Gasteiger partial charge is 0.240 e. The molecule has 6 heteroatoms. The zero-order valence-electron chi connectivity index (χ0n) is 11.1. The van der Waals surface area contributed by atoms with Crippen LogP contribution in [-0.4, -0.2) is 24.6 Å². The third kappa shape index (κ3) is 3.20. The van der Waals surface area contributed by atoms with E-state index in [0.717, 1.165) is 11.3 Å². The van der Waals surface area contributed by atoms with Crippen molar-refractivity contribution in [1.82, 2.24) is 5.43 Å². The second kappa shape index (κ2) is 6.48. The molecule has 0 bridgehead atoms. The number of hydrogen-bond acceptors (Lipinski definition) is 5. The summed E-state index contributed by atoms with van der Waals surface area (Å²) in [5.74, 6) is -0.0861. The summed E-state index contributed by atoms with van der Waals surface area (Å²) in [5, 5.41) is 13.1. The number of nitriles is 1. The number of hydrazone groups is 1. The number of rotatable bonds is 4. The minimum absolute atomic E-state index is 0.0861. The van der Waals surface area contributed by atoms with Gasteiger partial charge in [-0.05, 0) is 24.6 Å². The lowest BCUT2D eigenvalue weighted by molar-refractivity contribution is -0.121. The molecular formula is C14H14N4O2. The fourth-order valence-electron chi connectivity index (χ4n) is 1.76. The number of amides is 1. The first-order valence-electron chi connectivity index (χ1n) is 6.28. The summed E-state index contributed by atoms with van der Waals surface area (Å²) < 4.78 is 5.05. The SMILES string of the molecule is CCOC=Nc1cc(C2=NNC(=O)CC2)ccc1C#N. The van der Waals surface area contributed by atoms with Crippen LogP contribution in [0.1, 0.15) is 30.9 Å². The van der Waals surface area contributed by atoms with Crippen LogP contribution in [0.4, 0.5) is 5.69 Å². The number of nitrogens with zero attached hydrogens (tertiary/aromatic N) is 3. The highest BCUT2D eigenvalue weighted by Gasteiger charge is 2.14. The van der Waals surface area contributed by atoms with E-state index in [1.165, 1.54) is 6.40 Å². The second-order valence-corrected chi connectivity index (χ2v) is 4.13. The maximum Gasteiger partial charge on any atom is 0.240 e. The van der Waals surface area contributed by atoms with Crippen molar-refractivity contribution in [2.45, 2.75) is 19.8 Å². The molecule has 0 atom stereocenters. The van der Waals surface area contributed by atoms with Crippen LogP contribution in [0.5, 0.6) is 0 Å². The van der Waals surface area contributed by atoms with Crippen molar-refractivity contribution < 1.29 is 9.53 Å². The molecule has 2 rings (SSSR count). The summed E-state index contributed by atoms with van der Waals surface area (Å²) >= 11 is 0. The third-order valence-electron chi connectivity index (χ3n) is 2.79. The zero-order valence-corrected chi connectivity index (χ0v) is 11.1. The molecule has 20 heavy (non-hydrogen) atoms. The van der Waals surface area contributed by atoms with Gasteiger partial charge in [-0.3, -0.25) is 4.79 Å². The average Bonchev–Trinajstić information content (AvgIpc) is 2.48. The molecule has 0 saturated carbocycles. The predicted molar refractivity (Wildman–Crippen MR) is 74.8 cm³/mol. The fourth-order valence-corrected chi connectivity index (χ4v) is 1.76. The molecule has 0 aromatic heterocycles. The van der Waals surface area contributed by atoms with E-state index < -0.39 is 0 Å². The van der Waals surface area contributed by atoms with Gasteiger partial charge in [-0.2, -0.15) is 10.4 Å². The molecule has 0 radical (unpaired) electrons. The van der Waals surface area contributed by atoms with E-state index in [1.807, 2.05) is 6.92 Å². The molecule has 1 aromatic carbocycles. The van der Waals surface area contributed by atoms with Crippen LogP contribution in [0.3, 0.4) is 0 Å². The Morgan fingerprint density at radius 3 is 3.05 bits per heavy atom. The number of hydrogen-bond donors (Lipinski definition) is 1. The molecule has 0 unspecified atom stereocenters. The normalized spacial score (nSPS) is 14.6. The molecule has 0 aliphatic carbocycles. The van der Waals surface area contributed by atoms with E-state index in [1.54, 1.807) is 18.2 Å². The molecule has 1 amide bonds. The van der Waals surface area contributed by atoms with E-state index in [0.29, 0.717) is 30.7 Å². The van der Waals surface area contributed by atoms with E-state index >= 15 is 0 Å². The van der Waals surface area contributed by atoms with Crippen molar-refractivity contribution in [2.24, 2.45) is 10.1 Å². The molecule has 0 fully saturated rings. The van der Waals surface area contributed by atoms with E-state index in [2.05, 4.69) is 21.6 Å². The minimum Gasteiger partial charge on any atom is -0.483 e. The highest BCUT2D eigenvalue weighted by Crippen LogP contribution is 2.22. The first kappa shape index (κ1) is 13.7. The molecule has 0 saturated heterocycles. The van der Waals surface area contributed by atoms with E-state index in [4.69, 9.17) is 10.00 Å². The molecule has 1 aromatic rings. The van der Waals surface area contributed by atoms with Gasteiger partial charge in [0.1, 0.15) is 6.07 Å². The maximum atomic E-state index is 11.1. The fraction of sp³-hybridized carbons (Fsp3) is 0.286. The largest absolute Gasteiger partial charge is 0.483 e. The van der Waals surface area contributed by atoms with Gasteiger partial charge >= 0.3 is 0 Å². The van der Waals surface area contributed by atoms with Crippen LogP contribution in [0.25, 0.3) is 0 Å². The Labute approximate surface area is 116 Å². The third-order valence-corrected chi connectivity index (χ3v) is 2.79. The zero-order chi connectivity index (χ0) is 14.4. The number of ether oxygens (including phenoxy) is 1. The van der Waals surface area contributed by atoms with Crippen LogP contribution in [0.15, 0.2) is 28.3 Å². The van der Waals surface area contributed by atoms with Gasteiger partial charge in [-0.1, -0.05) is 6.07 Å². The summed E-state index contributed by atoms with van der Waals surface area (Å²) in [4.78, 5) is 15.2. The van der Waals surface area contributed by atoms with Gasteiger partial charge in [0.05, 0.1) is 23.6 Å². The van der Waals surface area contributed by atoms with E-state index in [-0.39, 0.29) is 5.91 Å². The number of carbonyl (C=O) groups is 1. The van der Waals surface area contributed by atoms with Crippen LogP contribution in [0.2, 0.25) is 0 Å². The Morgan fingerprint density at radius 1 is 1.55 bits per heavy atom. The van der Waals surface area contributed by atoms with Crippen molar-refractivity contribution in [3.63, 3.8) is 0 Å². The molecule has 102 valence electrons. The molecule has 0 spiro atoms. The molecule has 6 nitrogen and oxygen atoms in total. The van der Waals surface area contributed by atoms with Crippen molar-refractivity contribution >= 4 is 23.7 Å². The Balaban J connectivity index is 2.30. The molecule has 1 aliphatic rings. The first-order valence-corrected chi connectivity index (χ1v) is 6.28. The van der Waals surface area contributed by atoms with Crippen LogP contribution < -0.4 is 5.43 Å². The van der Waals surface area contributed by atoms with Gasteiger partial charge in [-0.15, -0.1) is 0 Å². The quantitative estimate of drug-likeness (QED) is 0.669. The van der Waals surface area contributed by atoms with Gasteiger partial charge in [0, 0.05) is 12.8 Å². The predicted octanol–water partition coefficient (Wildman–Crippen LogP) is 1.87. The van der Waals surface area contributed by atoms with Gasteiger partial charge in [0.15, 0.2) is 6.40 Å². The Hall–Kier alpha value is -2.68. The van der Waals surface area contributed by atoms with Gasteiger partial charge in [0.2, 0.25) is 5.91 Å². The molecule has 1 N–H and O–H groups in total. The minimum atomic E-state index is -0.0861. The summed E-state index contributed by atoms with van der Waals surface area (Å²) in [6.07, 6.45) is 2.31. The first-order chi connectivity index (χ1) is 9.74. The van der Waals surface area contributed by atoms with Gasteiger partial charge in [-0.25, -0.2) is 10.4 Å². The maximum absolute atomic E-state index is 11.1. The van der Waals surface area contributed by atoms with Crippen LogP contribution in [0, 0.1) is 11.3 Å². The Kier molecular flexibility index (Phi) is 4.45. The lowest BCUT2D eigenvalue weighted by Gasteiger charge is -2.12. The van der Waals surface area contributed by atoms with Crippen molar-refractivity contribution in [3.05, 3.63) is 29.3 Å². The summed E-state index contributed by atoms with van der Waals surface area (Å²) in [6, 6.07) is 7.34.